The minimum absolute atomic E-state index is 0.105. The molecule has 5 rings (SSSR count). The third kappa shape index (κ3) is 4.24. The number of fused-ring (bicyclic) bond motifs is 1. The number of aromatic nitrogens is 5. The van der Waals surface area contributed by atoms with E-state index in [-0.39, 0.29) is 12.0 Å². The van der Waals surface area contributed by atoms with E-state index >= 15 is 0 Å². The van der Waals surface area contributed by atoms with Gasteiger partial charge in [-0.2, -0.15) is 0 Å². The van der Waals surface area contributed by atoms with Crippen molar-refractivity contribution < 1.29 is 8.78 Å². The second kappa shape index (κ2) is 8.68. The van der Waals surface area contributed by atoms with Gasteiger partial charge in [-0.05, 0) is 43.4 Å². The molecule has 2 atom stereocenters. The van der Waals surface area contributed by atoms with Crippen LogP contribution in [-0.4, -0.2) is 36.8 Å². The fraction of sp³-hybridized carbons (Fsp3) is 0.545. The van der Waals surface area contributed by atoms with Crippen molar-refractivity contribution in [2.75, 3.05) is 11.1 Å². The lowest BCUT2D eigenvalue weighted by Gasteiger charge is -2.11. The first-order valence-corrected chi connectivity index (χ1v) is 12.1. The Bertz CT molecular complexity index is 1080. The first kappa shape index (κ1) is 20.6. The highest BCUT2D eigenvalue weighted by Gasteiger charge is 2.40. The highest BCUT2D eigenvalue weighted by atomic mass is 32.2. The van der Waals surface area contributed by atoms with Gasteiger partial charge in [-0.3, -0.25) is 0 Å². The van der Waals surface area contributed by atoms with E-state index in [1.165, 1.54) is 25.0 Å². The van der Waals surface area contributed by atoms with E-state index in [4.69, 9.17) is 9.97 Å². The van der Waals surface area contributed by atoms with Crippen molar-refractivity contribution in [3.63, 3.8) is 0 Å². The van der Waals surface area contributed by atoms with Crippen LogP contribution in [0, 0.1) is 11.6 Å². The molecule has 164 valence electrons. The second-order valence-electron chi connectivity index (χ2n) is 8.47. The zero-order chi connectivity index (χ0) is 21.4. The van der Waals surface area contributed by atoms with Crippen molar-refractivity contribution >= 4 is 28.7 Å². The molecule has 3 aromatic rings. The maximum Gasteiger partial charge on any atom is 0.191 e. The van der Waals surface area contributed by atoms with Gasteiger partial charge in [0.05, 0.1) is 6.04 Å². The van der Waals surface area contributed by atoms with Crippen molar-refractivity contribution in [2.24, 2.45) is 0 Å². The highest BCUT2D eigenvalue weighted by Crippen LogP contribution is 2.44. The molecule has 9 heteroatoms. The molecule has 1 N–H and O–H groups in total. The van der Waals surface area contributed by atoms with Gasteiger partial charge in [-0.25, -0.2) is 23.4 Å². The normalized spacial score (nSPS) is 21.1. The van der Waals surface area contributed by atoms with Gasteiger partial charge in [0.1, 0.15) is 0 Å². The standard InChI is InChI=1S/C22H26F2N6S/c1-2-3-10-31-22-26-20(19-21(27-22)30(29-28-19)14-6-4-5-7-14)25-18-12-15(18)13-8-9-16(23)17(24)11-13/h8-9,11,14-15,18H,2-7,10,12H2,1H3,(H,25,26,27). The number of hydrogen-bond donors (Lipinski definition) is 1. The molecule has 2 aliphatic rings. The molecular formula is C22H26F2N6S. The Morgan fingerprint density at radius 1 is 1.16 bits per heavy atom. The number of benzene rings is 1. The fourth-order valence-corrected chi connectivity index (χ4v) is 5.24. The Balaban J connectivity index is 1.42. The Morgan fingerprint density at radius 3 is 2.77 bits per heavy atom. The first-order valence-electron chi connectivity index (χ1n) is 11.1. The van der Waals surface area contributed by atoms with E-state index in [1.807, 2.05) is 4.68 Å². The van der Waals surface area contributed by atoms with Crippen LogP contribution in [0.3, 0.4) is 0 Å². The molecule has 0 amide bonds. The largest absolute Gasteiger partial charge is 0.365 e. The predicted molar refractivity (Wildman–Crippen MR) is 117 cm³/mol. The summed E-state index contributed by atoms with van der Waals surface area (Å²) in [5.41, 5.74) is 2.27. The molecule has 0 aliphatic heterocycles. The van der Waals surface area contributed by atoms with Gasteiger partial charge in [0.25, 0.3) is 0 Å². The van der Waals surface area contributed by atoms with Gasteiger partial charge in [-0.1, -0.05) is 49.2 Å². The monoisotopic (exact) mass is 444 g/mol. The van der Waals surface area contributed by atoms with E-state index in [0.717, 1.165) is 54.2 Å². The van der Waals surface area contributed by atoms with E-state index in [2.05, 4.69) is 22.6 Å². The smallest absolute Gasteiger partial charge is 0.191 e. The Morgan fingerprint density at radius 2 is 2.00 bits per heavy atom. The second-order valence-corrected chi connectivity index (χ2v) is 9.53. The van der Waals surface area contributed by atoms with Crippen molar-refractivity contribution in [1.82, 2.24) is 25.0 Å². The lowest BCUT2D eigenvalue weighted by atomic mass is 10.1. The number of unbranched alkanes of at least 4 members (excludes halogenated alkanes) is 1. The van der Waals surface area contributed by atoms with Crippen LogP contribution < -0.4 is 5.32 Å². The lowest BCUT2D eigenvalue weighted by molar-refractivity contribution is 0.463. The SMILES string of the molecule is CCCCSc1nc(NC2CC2c2ccc(F)c(F)c2)c2nnn(C3CCCC3)c2n1. The summed E-state index contributed by atoms with van der Waals surface area (Å²) in [6.07, 6.45) is 7.69. The van der Waals surface area contributed by atoms with Crippen LogP contribution in [0.2, 0.25) is 0 Å². The Labute approximate surface area is 184 Å². The molecular weight excluding hydrogens is 418 g/mol. The van der Waals surface area contributed by atoms with Crippen LogP contribution in [0.1, 0.15) is 69.4 Å². The summed E-state index contributed by atoms with van der Waals surface area (Å²) >= 11 is 1.65. The Hall–Kier alpha value is -2.29. The van der Waals surface area contributed by atoms with Crippen LogP contribution in [0.4, 0.5) is 14.6 Å². The van der Waals surface area contributed by atoms with Gasteiger partial charge in [0.2, 0.25) is 0 Å². The highest BCUT2D eigenvalue weighted by molar-refractivity contribution is 7.99. The summed E-state index contributed by atoms with van der Waals surface area (Å²) in [5.74, 6) is 0.155. The molecule has 2 saturated carbocycles. The molecule has 0 spiro atoms. The molecule has 31 heavy (non-hydrogen) atoms. The molecule has 2 fully saturated rings. The first-order chi connectivity index (χ1) is 15.1. The van der Waals surface area contributed by atoms with E-state index < -0.39 is 11.6 Å². The molecule has 2 unspecified atom stereocenters. The maximum absolute atomic E-state index is 13.6. The van der Waals surface area contributed by atoms with Crippen LogP contribution in [0.15, 0.2) is 23.4 Å². The van der Waals surface area contributed by atoms with Gasteiger partial charge < -0.3 is 5.32 Å². The third-order valence-electron chi connectivity index (χ3n) is 6.19. The molecule has 1 aromatic carbocycles. The molecule has 6 nitrogen and oxygen atoms in total. The Kier molecular flexibility index (Phi) is 5.77. The molecule has 0 radical (unpaired) electrons. The maximum atomic E-state index is 13.6. The third-order valence-corrected chi connectivity index (χ3v) is 7.12. The average Bonchev–Trinajstić information content (AvgIpc) is 3.14. The predicted octanol–water partition coefficient (Wildman–Crippen LogP) is 5.47. The van der Waals surface area contributed by atoms with Crippen molar-refractivity contribution in [2.45, 2.75) is 75.0 Å². The van der Waals surface area contributed by atoms with Crippen LogP contribution in [0.5, 0.6) is 0 Å². The van der Waals surface area contributed by atoms with Crippen molar-refractivity contribution in [1.29, 1.82) is 0 Å². The lowest BCUT2D eigenvalue weighted by Crippen LogP contribution is -2.10. The summed E-state index contributed by atoms with van der Waals surface area (Å²) in [4.78, 5) is 9.54. The van der Waals surface area contributed by atoms with Gasteiger partial charge >= 0.3 is 0 Å². The topological polar surface area (TPSA) is 68.5 Å². The number of nitrogens with one attached hydrogen (secondary N) is 1. The van der Waals surface area contributed by atoms with Crippen molar-refractivity contribution in [3.8, 4) is 0 Å². The summed E-state index contributed by atoms with van der Waals surface area (Å²) in [5, 5.41) is 13.0. The number of rotatable bonds is 8. The summed E-state index contributed by atoms with van der Waals surface area (Å²) in [7, 11) is 0. The van der Waals surface area contributed by atoms with E-state index in [9.17, 15) is 8.78 Å². The quantitative estimate of drug-likeness (QED) is 0.282. The minimum Gasteiger partial charge on any atom is -0.365 e. The molecule has 0 saturated heterocycles. The number of anilines is 1. The summed E-state index contributed by atoms with van der Waals surface area (Å²) < 4.78 is 28.9. The number of thioether (sulfide) groups is 1. The molecule has 0 bridgehead atoms. The number of hydrogen-bond acceptors (Lipinski definition) is 6. The number of nitrogens with zero attached hydrogens (tertiary/aromatic N) is 5. The van der Waals surface area contributed by atoms with Crippen LogP contribution in [-0.2, 0) is 0 Å². The van der Waals surface area contributed by atoms with Crippen LogP contribution in [0.25, 0.3) is 11.2 Å². The zero-order valence-corrected chi connectivity index (χ0v) is 18.3. The molecule has 2 aliphatic carbocycles. The fourth-order valence-electron chi connectivity index (χ4n) is 4.32. The van der Waals surface area contributed by atoms with Crippen LogP contribution >= 0.6 is 11.8 Å². The van der Waals surface area contributed by atoms with E-state index in [0.29, 0.717) is 17.4 Å². The summed E-state index contributed by atoms with van der Waals surface area (Å²) in [6, 6.07) is 4.59. The summed E-state index contributed by atoms with van der Waals surface area (Å²) in [6.45, 7) is 2.17. The minimum atomic E-state index is -0.816. The number of halogens is 2. The zero-order valence-electron chi connectivity index (χ0n) is 17.5. The van der Waals surface area contributed by atoms with E-state index in [1.54, 1.807) is 17.8 Å². The van der Waals surface area contributed by atoms with Gasteiger partial charge in [0.15, 0.2) is 33.8 Å². The average molecular weight is 445 g/mol. The molecule has 2 heterocycles. The van der Waals surface area contributed by atoms with Gasteiger partial charge in [0, 0.05) is 17.7 Å². The van der Waals surface area contributed by atoms with Gasteiger partial charge in [-0.15, -0.1) is 5.10 Å². The van der Waals surface area contributed by atoms with Crippen molar-refractivity contribution in [3.05, 3.63) is 35.4 Å². The molecule has 2 aromatic heterocycles.